The van der Waals surface area contributed by atoms with E-state index in [0.29, 0.717) is 11.3 Å². The molecule has 274 valence electrons. The van der Waals surface area contributed by atoms with Crippen molar-refractivity contribution in [1.29, 1.82) is 0 Å². The molecule has 0 radical (unpaired) electrons. The SMILES string of the molecule is CNC(=O)OCC1=C(C(=O)OC(c2ccccc2)c2ccccc2)N2C(=O)[C@@H](NC(=O)/C(=C/C(C)C)c3csc(NC(=O)OC(C)(C)C)n3)[C@H]2SC1. The summed E-state index contributed by atoms with van der Waals surface area (Å²) in [6.45, 7) is 8.78. The van der Waals surface area contributed by atoms with Crippen molar-refractivity contribution >= 4 is 63.8 Å². The minimum Gasteiger partial charge on any atom is -0.448 e. The zero-order valence-corrected chi connectivity index (χ0v) is 31.3. The molecule has 0 spiro atoms. The van der Waals surface area contributed by atoms with Gasteiger partial charge in [-0.1, -0.05) is 80.6 Å². The summed E-state index contributed by atoms with van der Waals surface area (Å²) in [6, 6.07) is 17.5. The smallest absolute Gasteiger partial charge is 0.413 e. The number of carbonyl (C=O) groups excluding carboxylic acids is 5. The van der Waals surface area contributed by atoms with Crippen LogP contribution in [0.1, 0.15) is 57.5 Å². The van der Waals surface area contributed by atoms with Gasteiger partial charge in [-0.15, -0.1) is 23.1 Å². The Labute approximate surface area is 310 Å². The number of alkyl carbamates (subject to hydrolysis) is 1. The number of hydrogen-bond donors (Lipinski definition) is 3. The summed E-state index contributed by atoms with van der Waals surface area (Å²) in [6.07, 6.45) is -0.446. The van der Waals surface area contributed by atoms with E-state index in [9.17, 15) is 24.0 Å². The maximum atomic E-state index is 14.1. The molecule has 3 N–H and O–H groups in total. The summed E-state index contributed by atoms with van der Waals surface area (Å²) in [4.78, 5) is 71.8. The van der Waals surface area contributed by atoms with Crippen molar-refractivity contribution in [2.75, 3.05) is 24.7 Å². The molecule has 3 aromatic rings. The molecule has 0 saturated carbocycles. The Kier molecular flexibility index (Phi) is 12.1. The average Bonchev–Trinajstić information content (AvgIpc) is 3.57. The van der Waals surface area contributed by atoms with Crippen molar-refractivity contribution in [2.45, 2.75) is 57.7 Å². The van der Waals surface area contributed by atoms with Crippen LogP contribution in [0.5, 0.6) is 0 Å². The van der Waals surface area contributed by atoms with Crippen molar-refractivity contribution in [2.24, 2.45) is 5.92 Å². The predicted octanol–water partition coefficient (Wildman–Crippen LogP) is 5.87. The van der Waals surface area contributed by atoms with E-state index in [-0.39, 0.29) is 34.7 Å². The van der Waals surface area contributed by atoms with Crippen LogP contribution in [-0.4, -0.2) is 76.3 Å². The number of aromatic nitrogens is 1. The number of fused-ring (bicyclic) bond motifs is 1. The number of hydrogen-bond acceptors (Lipinski definition) is 11. The maximum Gasteiger partial charge on any atom is 0.413 e. The lowest BCUT2D eigenvalue weighted by Crippen LogP contribution is -2.70. The third-order valence-electron chi connectivity index (χ3n) is 7.67. The van der Waals surface area contributed by atoms with Crippen LogP contribution in [0.2, 0.25) is 0 Å². The first-order valence-electron chi connectivity index (χ1n) is 16.6. The van der Waals surface area contributed by atoms with Crippen LogP contribution in [0.25, 0.3) is 5.57 Å². The van der Waals surface area contributed by atoms with Crippen LogP contribution in [-0.2, 0) is 28.6 Å². The molecule has 2 aliphatic heterocycles. The van der Waals surface area contributed by atoms with Gasteiger partial charge in [-0.3, -0.25) is 19.8 Å². The molecule has 52 heavy (non-hydrogen) atoms. The number of β-lactam (4-membered cyclic amide) rings is 1. The minimum atomic E-state index is -0.977. The fraction of sp³-hybridized carbons (Fsp3) is 0.351. The molecule has 5 rings (SSSR count). The van der Waals surface area contributed by atoms with Crippen LogP contribution in [0, 0.1) is 5.92 Å². The first kappa shape index (κ1) is 38.1. The molecule has 2 atom stereocenters. The summed E-state index contributed by atoms with van der Waals surface area (Å²) in [7, 11) is 1.42. The van der Waals surface area contributed by atoms with Gasteiger partial charge in [-0.05, 0) is 37.8 Å². The number of esters is 1. The largest absolute Gasteiger partial charge is 0.448 e. The molecule has 4 amide bonds. The number of thiazole rings is 1. The van der Waals surface area contributed by atoms with E-state index in [1.807, 2.05) is 74.5 Å². The lowest BCUT2D eigenvalue weighted by atomic mass is 10.00. The number of rotatable bonds is 11. The monoisotopic (exact) mass is 747 g/mol. The molecule has 1 aromatic heterocycles. The number of nitrogens with one attached hydrogen (secondary N) is 3. The van der Waals surface area contributed by atoms with Gasteiger partial charge >= 0.3 is 18.2 Å². The second-order valence-corrected chi connectivity index (χ2v) is 15.2. The fourth-order valence-corrected chi connectivity index (χ4v) is 7.45. The third-order valence-corrected chi connectivity index (χ3v) is 9.77. The Hall–Kier alpha value is -5.15. The van der Waals surface area contributed by atoms with Gasteiger partial charge in [0, 0.05) is 23.8 Å². The topological polar surface area (TPSA) is 165 Å². The standard InChI is InChI=1S/C37H41N5O8S2/c1-21(2)17-25(26-20-52-34(39-26)41-36(47)50-37(3,4)5)30(43)40-27-31(44)42-28(24(19-51-32(27)42)18-48-35(46)38-6)33(45)49-29(22-13-9-7-10-14-22)23-15-11-8-12-16-23/h7-17,20-21,27,29,32H,18-19H2,1-6H3,(H,38,46)(H,40,43)(H,39,41,47)/b25-17+/t27-,32-/m1/s1. The van der Waals surface area contributed by atoms with E-state index < -0.39 is 53.1 Å². The van der Waals surface area contributed by atoms with Crippen LogP contribution >= 0.6 is 23.1 Å². The van der Waals surface area contributed by atoms with Gasteiger partial charge in [0.15, 0.2) is 11.2 Å². The molecular formula is C37H41N5O8S2. The second-order valence-electron chi connectivity index (χ2n) is 13.2. The van der Waals surface area contributed by atoms with E-state index in [2.05, 4.69) is 20.9 Å². The summed E-state index contributed by atoms with van der Waals surface area (Å²) in [5.41, 5.74) is 1.64. The second kappa shape index (κ2) is 16.5. The Morgan fingerprint density at radius 3 is 2.21 bits per heavy atom. The van der Waals surface area contributed by atoms with E-state index in [1.165, 1.54) is 23.7 Å². The van der Waals surface area contributed by atoms with Gasteiger partial charge < -0.3 is 24.8 Å². The summed E-state index contributed by atoms with van der Waals surface area (Å²) in [5, 5.41) is 9.04. The zero-order chi connectivity index (χ0) is 37.6. The summed E-state index contributed by atoms with van der Waals surface area (Å²) in [5.74, 6) is -1.68. The number of anilines is 1. The first-order valence-corrected chi connectivity index (χ1v) is 18.5. The minimum absolute atomic E-state index is 0.0321. The fourth-order valence-electron chi connectivity index (χ4n) is 5.43. The van der Waals surface area contributed by atoms with E-state index in [0.717, 1.165) is 22.5 Å². The van der Waals surface area contributed by atoms with Gasteiger partial charge in [0.05, 0.1) is 11.3 Å². The molecule has 13 nitrogen and oxygen atoms in total. The van der Waals surface area contributed by atoms with Crippen molar-refractivity contribution in [1.82, 2.24) is 20.5 Å². The highest BCUT2D eigenvalue weighted by atomic mass is 32.2. The van der Waals surface area contributed by atoms with Crippen LogP contribution in [0.4, 0.5) is 14.7 Å². The molecule has 2 aromatic carbocycles. The van der Waals surface area contributed by atoms with Gasteiger partial charge in [-0.25, -0.2) is 19.4 Å². The van der Waals surface area contributed by atoms with Crippen molar-refractivity contribution in [3.63, 3.8) is 0 Å². The number of thioether (sulfide) groups is 1. The van der Waals surface area contributed by atoms with Gasteiger partial charge in [0.1, 0.15) is 29.3 Å². The number of benzene rings is 2. The van der Waals surface area contributed by atoms with Gasteiger partial charge in [0.2, 0.25) is 0 Å². The highest BCUT2D eigenvalue weighted by molar-refractivity contribution is 8.00. The quantitative estimate of drug-likeness (QED) is 0.0935. The molecular weight excluding hydrogens is 707 g/mol. The van der Waals surface area contributed by atoms with Crippen LogP contribution in [0.3, 0.4) is 0 Å². The zero-order valence-electron chi connectivity index (χ0n) is 29.6. The number of allylic oxidation sites excluding steroid dienone is 1. The lowest BCUT2D eigenvalue weighted by Gasteiger charge is -2.49. The van der Waals surface area contributed by atoms with E-state index in [1.54, 1.807) is 32.2 Å². The molecule has 2 aliphatic rings. The molecule has 0 aliphatic carbocycles. The number of amides is 4. The highest BCUT2D eigenvalue weighted by Gasteiger charge is 2.55. The molecule has 1 saturated heterocycles. The Morgan fingerprint density at radius 1 is 1.00 bits per heavy atom. The molecule has 15 heteroatoms. The van der Waals surface area contributed by atoms with Crippen LogP contribution < -0.4 is 16.0 Å². The third kappa shape index (κ3) is 9.19. The van der Waals surface area contributed by atoms with E-state index in [4.69, 9.17) is 14.2 Å². The maximum absolute atomic E-state index is 14.1. The number of carbonyl (C=O) groups is 5. The summed E-state index contributed by atoms with van der Waals surface area (Å²) < 4.78 is 16.7. The van der Waals surface area contributed by atoms with Crippen molar-refractivity contribution in [3.05, 3.63) is 100 Å². The lowest BCUT2D eigenvalue weighted by molar-refractivity contribution is -0.154. The predicted molar refractivity (Wildman–Crippen MR) is 198 cm³/mol. The molecule has 0 unspecified atom stereocenters. The van der Waals surface area contributed by atoms with E-state index >= 15 is 0 Å². The molecule has 0 bridgehead atoms. The van der Waals surface area contributed by atoms with Crippen molar-refractivity contribution in [3.8, 4) is 0 Å². The Morgan fingerprint density at radius 2 is 1.63 bits per heavy atom. The average molecular weight is 748 g/mol. The Balaban J connectivity index is 1.38. The van der Waals surface area contributed by atoms with Crippen molar-refractivity contribution < 1.29 is 38.2 Å². The molecule has 1 fully saturated rings. The highest BCUT2D eigenvalue weighted by Crippen LogP contribution is 2.42. The van der Waals surface area contributed by atoms with Gasteiger partial charge in [0.25, 0.3) is 11.8 Å². The molecule has 3 heterocycles. The number of nitrogens with zero attached hydrogens (tertiary/aromatic N) is 2. The van der Waals surface area contributed by atoms with Gasteiger partial charge in [-0.2, -0.15) is 0 Å². The normalized spacial score (nSPS) is 17.3. The Bertz CT molecular complexity index is 1830. The van der Waals surface area contributed by atoms with Crippen LogP contribution in [0.15, 0.2) is 83.4 Å². The summed E-state index contributed by atoms with van der Waals surface area (Å²) >= 11 is 2.45. The first-order chi connectivity index (χ1) is 24.8. The number of ether oxygens (including phenoxy) is 3.